The predicted octanol–water partition coefficient (Wildman–Crippen LogP) is 4.52. The number of nitrogens with one attached hydrogen (secondary N) is 2. The zero-order chi connectivity index (χ0) is 23.3. The highest BCUT2D eigenvalue weighted by molar-refractivity contribution is 6.30. The molecule has 1 unspecified atom stereocenters. The summed E-state index contributed by atoms with van der Waals surface area (Å²) >= 11 is 5.94. The van der Waals surface area contributed by atoms with Gasteiger partial charge in [0, 0.05) is 23.3 Å². The summed E-state index contributed by atoms with van der Waals surface area (Å²) in [5.41, 5.74) is 1.13. The Morgan fingerprint density at radius 2 is 1.97 bits per heavy atom. The van der Waals surface area contributed by atoms with E-state index in [0.29, 0.717) is 10.7 Å². The number of imide groups is 1. The van der Waals surface area contributed by atoms with Crippen LogP contribution >= 0.6 is 11.6 Å². The molecule has 0 radical (unpaired) electrons. The molecule has 0 spiro atoms. The van der Waals surface area contributed by atoms with E-state index in [0.717, 1.165) is 10.5 Å². The van der Waals surface area contributed by atoms with Crippen molar-refractivity contribution in [3.05, 3.63) is 58.9 Å². The van der Waals surface area contributed by atoms with Crippen LogP contribution in [0.1, 0.15) is 25.8 Å². The Labute approximate surface area is 190 Å². The van der Waals surface area contributed by atoms with Gasteiger partial charge in [-0.15, -0.1) is 0 Å². The fourth-order valence-corrected chi connectivity index (χ4v) is 3.27. The lowest BCUT2D eigenvalue weighted by atomic mass is 10.2. The molecule has 3 rings (SSSR count). The van der Waals surface area contributed by atoms with E-state index in [-0.39, 0.29) is 31.4 Å². The number of urea groups is 2. The maximum Gasteiger partial charge on any atom is 0.331 e. The van der Waals surface area contributed by atoms with E-state index in [1.807, 2.05) is 6.07 Å². The first-order chi connectivity index (χ1) is 15.3. The molecular weight excluding hydrogens is 437 g/mol. The summed E-state index contributed by atoms with van der Waals surface area (Å²) in [5, 5.41) is 15.1. The normalized spacial score (nSPS) is 16.1. The fourth-order valence-electron chi connectivity index (χ4n) is 3.14. The predicted molar refractivity (Wildman–Crippen MR) is 117 cm³/mol. The first-order valence-electron chi connectivity index (χ1n) is 10.0. The number of benzene rings is 2. The van der Waals surface area contributed by atoms with Gasteiger partial charge in [-0.3, -0.25) is 10.2 Å². The standard InChI is InChI=1S/C22H23ClFN5O3/c1-14(2)32-19-9-8-17(12-18(19)24)26-20-27-21(30)28(11-3-10-25)22(31)29(20)13-15-4-6-16(23)7-5-15/h4-9,12,14,20,26H,3,11,13H2,1-2H3,(H,27,30). The number of amides is 4. The van der Waals surface area contributed by atoms with E-state index >= 15 is 0 Å². The van der Waals surface area contributed by atoms with Crippen molar-refractivity contribution in [2.24, 2.45) is 0 Å². The van der Waals surface area contributed by atoms with Crippen LogP contribution in [0.4, 0.5) is 19.7 Å². The van der Waals surface area contributed by atoms with Gasteiger partial charge in [-0.05, 0) is 43.7 Å². The molecule has 2 N–H and O–H groups in total. The fraction of sp³-hybridized carbons (Fsp3) is 0.318. The van der Waals surface area contributed by atoms with Gasteiger partial charge < -0.3 is 10.1 Å². The van der Waals surface area contributed by atoms with Crippen LogP contribution in [0.5, 0.6) is 5.75 Å². The lowest BCUT2D eigenvalue weighted by molar-refractivity contribution is 0.107. The van der Waals surface area contributed by atoms with Crippen LogP contribution in [-0.4, -0.2) is 40.8 Å². The number of nitrogens with zero attached hydrogens (tertiary/aromatic N) is 3. The SMILES string of the molecule is CC(C)Oc1ccc(NC2NC(=O)N(CCC#N)C(=O)N2Cc2ccc(Cl)cc2)cc1F. The van der Waals surface area contributed by atoms with Gasteiger partial charge in [0.1, 0.15) is 0 Å². The first kappa shape index (κ1) is 23.2. The molecule has 1 fully saturated rings. The monoisotopic (exact) mass is 459 g/mol. The Bertz CT molecular complexity index is 1030. The number of rotatable bonds is 8. The van der Waals surface area contributed by atoms with Crippen molar-refractivity contribution in [2.75, 3.05) is 11.9 Å². The molecule has 1 saturated heterocycles. The van der Waals surface area contributed by atoms with Crippen molar-refractivity contribution < 1.29 is 18.7 Å². The zero-order valence-electron chi connectivity index (χ0n) is 17.6. The highest BCUT2D eigenvalue weighted by Crippen LogP contribution is 2.24. The minimum absolute atomic E-state index is 0.00850. The van der Waals surface area contributed by atoms with Crippen LogP contribution in [0.2, 0.25) is 5.02 Å². The third-order valence-corrected chi connectivity index (χ3v) is 4.86. The number of halogens is 2. The van der Waals surface area contributed by atoms with Gasteiger partial charge in [0.25, 0.3) is 0 Å². The molecule has 1 atom stereocenters. The highest BCUT2D eigenvalue weighted by atomic mass is 35.5. The molecule has 10 heteroatoms. The van der Waals surface area contributed by atoms with Gasteiger partial charge in [0.15, 0.2) is 17.9 Å². The number of anilines is 1. The van der Waals surface area contributed by atoms with Crippen LogP contribution in [0.3, 0.4) is 0 Å². The average molecular weight is 460 g/mol. The molecule has 1 aliphatic heterocycles. The van der Waals surface area contributed by atoms with Crippen molar-refractivity contribution in [3.8, 4) is 11.8 Å². The summed E-state index contributed by atoms with van der Waals surface area (Å²) in [5.74, 6) is -0.466. The third kappa shape index (κ3) is 5.59. The van der Waals surface area contributed by atoms with E-state index in [9.17, 15) is 14.0 Å². The summed E-state index contributed by atoms with van der Waals surface area (Å²) in [6, 6.07) is 11.9. The molecular formula is C22H23ClFN5O3. The van der Waals surface area contributed by atoms with E-state index < -0.39 is 24.2 Å². The van der Waals surface area contributed by atoms with Gasteiger partial charge in [-0.1, -0.05) is 23.7 Å². The number of ether oxygens (including phenoxy) is 1. The van der Waals surface area contributed by atoms with Crippen LogP contribution in [0.15, 0.2) is 42.5 Å². The van der Waals surface area contributed by atoms with Gasteiger partial charge >= 0.3 is 12.1 Å². The molecule has 1 aliphatic rings. The molecule has 2 aromatic carbocycles. The van der Waals surface area contributed by atoms with Crippen molar-refractivity contribution in [1.29, 1.82) is 5.26 Å². The Kier molecular flexibility index (Phi) is 7.38. The molecule has 0 aliphatic carbocycles. The first-order valence-corrected chi connectivity index (χ1v) is 10.4. The molecule has 8 nitrogen and oxygen atoms in total. The van der Waals surface area contributed by atoms with Crippen LogP contribution in [0, 0.1) is 17.1 Å². The Balaban J connectivity index is 1.85. The van der Waals surface area contributed by atoms with Crippen LogP contribution in [-0.2, 0) is 6.54 Å². The molecule has 0 aromatic heterocycles. The molecule has 4 amide bonds. The minimum Gasteiger partial charge on any atom is -0.488 e. The number of carbonyl (C=O) groups is 2. The molecule has 32 heavy (non-hydrogen) atoms. The molecule has 168 valence electrons. The molecule has 0 bridgehead atoms. The molecule has 0 saturated carbocycles. The summed E-state index contributed by atoms with van der Waals surface area (Å²) in [6.07, 6.45) is -1.12. The summed E-state index contributed by atoms with van der Waals surface area (Å²) in [4.78, 5) is 27.9. The van der Waals surface area contributed by atoms with Crippen LogP contribution in [0.25, 0.3) is 0 Å². The number of hydrogen-bond acceptors (Lipinski definition) is 5. The third-order valence-electron chi connectivity index (χ3n) is 4.60. The van der Waals surface area contributed by atoms with Gasteiger partial charge in [-0.25, -0.2) is 18.9 Å². The molecule has 1 heterocycles. The van der Waals surface area contributed by atoms with E-state index in [2.05, 4.69) is 10.6 Å². The lowest BCUT2D eigenvalue weighted by Gasteiger charge is -2.41. The van der Waals surface area contributed by atoms with Gasteiger partial charge in [0.2, 0.25) is 0 Å². The second-order valence-corrected chi connectivity index (χ2v) is 7.84. The van der Waals surface area contributed by atoms with Crippen molar-refractivity contribution in [3.63, 3.8) is 0 Å². The van der Waals surface area contributed by atoms with Gasteiger partial charge in [-0.2, -0.15) is 5.26 Å². The topological polar surface area (TPSA) is 97.7 Å². The average Bonchev–Trinajstić information content (AvgIpc) is 2.74. The van der Waals surface area contributed by atoms with Crippen LogP contribution < -0.4 is 15.4 Å². The summed E-state index contributed by atoms with van der Waals surface area (Å²) in [6.45, 7) is 3.69. The van der Waals surface area contributed by atoms with E-state index in [1.54, 1.807) is 44.2 Å². The van der Waals surface area contributed by atoms with Crippen molar-refractivity contribution >= 4 is 29.4 Å². The quantitative estimate of drug-likeness (QED) is 0.604. The second-order valence-electron chi connectivity index (χ2n) is 7.40. The second kappa shape index (κ2) is 10.2. The summed E-state index contributed by atoms with van der Waals surface area (Å²) < 4.78 is 19.8. The van der Waals surface area contributed by atoms with E-state index in [1.165, 1.54) is 17.0 Å². The maximum atomic E-state index is 14.4. The number of nitriles is 1. The molecule has 2 aromatic rings. The zero-order valence-corrected chi connectivity index (χ0v) is 18.4. The van der Waals surface area contributed by atoms with E-state index in [4.69, 9.17) is 21.6 Å². The minimum atomic E-state index is -0.944. The smallest absolute Gasteiger partial charge is 0.331 e. The lowest BCUT2D eigenvalue weighted by Crippen LogP contribution is -2.67. The van der Waals surface area contributed by atoms with Gasteiger partial charge in [0.05, 0.1) is 25.1 Å². The largest absolute Gasteiger partial charge is 0.488 e. The maximum absolute atomic E-state index is 14.4. The Morgan fingerprint density at radius 3 is 2.59 bits per heavy atom. The Morgan fingerprint density at radius 1 is 1.25 bits per heavy atom. The summed E-state index contributed by atoms with van der Waals surface area (Å²) in [7, 11) is 0. The number of carbonyl (C=O) groups excluding carboxylic acids is 2. The van der Waals surface area contributed by atoms with Crippen molar-refractivity contribution in [1.82, 2.24) is 15.1 Å². The Hall–Kier alpha value is -3.51. The highest BCUT2D eigenvalue weighted by Gasteiger charge is 2.38. The van der Waals surface area contributed by atoms with Crippen molar-refractivity contribution in [2.45, 2.75) is 39.2 Å². The number of hydrogen-bond donors (Lipinski definition) is 2.